The van der Waals surface area contributed by atoms with Crippen LogP contribution in [0.3, 0.4) is 0 Å². The lowest BCUT2D eigenvalue weighted by Gasteiger charge is -2.41. The van der Waals surface area contributed by atoms with E-state index in [4.69, 9.17) is 0 Å². The standard InChI is InChI=1S/C33H32F3N7O3/c34-33(35,36)23-4-1-3-21(17-23)30(44)41-19-25(40-20-41)31(45)43-16-10-26-27(43)9-15-42(26)24-7-11-32(46,12-8-24)28-6-5-22(18-39-28)29-37-13-2-14-38-29/h1-6,13-14,17-20,24,26-27,46H,7-12,15-16H2. The number of hydrogen-bond acceptors (Lipinski definition) is 8. The van der Waals surface area contributed by atoms with Crippen molar-refractivity contribution in [2.45, 2.75) is 68.4 Å². The number of alkyl halides is 3. The molecule has 1 aromatic carbocycles. The number of rotatable bonds is 5. The molecule has 2 atom stereocenters. The highest BCUT2D eigenvalue weighted by molar-refractivity contribution is 5.98. The van der Waals surface area contributed by atoms with Crippen LogP contribution in [0.15, 0.2) is 73.6 Å². The quantitative estimate of drug-likeness (QED) is 0.341. The first-order chi connectivity index (χ1) is 22.1. The van der Waals surface area contributed by atoms with E-state index in [1.54, 1.807) is 24.7 Å². The van der Waals surface area contributed by atoms with Crippen molar-refractivity contribution >= 4 is 11.8 Å². The first-order valence-electron chi connectivity index (χ1n) is 15.4. The van der Waals surface area contributed by atoms with Crippen LogP contribution >= 0.6 is 0 Å². The highest BCUT2D eigenvalue weighted by atomic mass is 19.4. The van der Waals surface area contributed by atoms with Gasteiger partial charge >= 0.3 is 6.18 Å². The summed E-state index contributed by atoms with van der Waals surface area (Å²) in [5.74, 6) is -0.405. The molecule has 2 aliphatic heterocycles. The lowest BCUT2D eigenvalue weighted by Crippen LogP contribution is -2.46. The summed E-state index contributed by atoms with van der Waals surface area (Å²) >= 11 is 0. The SMILES string of the molecule is O=C(c1cn(C(=O)c2cccc(C(F)(F)F)c2)cn1)N1CCC2C1CCN2C1CCC(O)(c2ccc(-c3ncccn3)cn2)CC1. The number of imidazole rings is 1. The molecule has 3 fully saturated rings. The summed E-state index contributed by atoms with van der Waals surface area (Å²) in [6, 6.07) is 10.2. The van der Waals surface area contributed by atoms with E-state index in [0.717, 1.165) is 54.5 Å². The van der Waals surface area contributed by atoms with Crippen LogP contribution in [0.2, 0.25) is 0 Å². The summed E-state index contributed by atoms with van der Waals surface area (Å²) in [4.78, 5) is 47.9. The molecular formula is C33H32F3N7O3. The van der Waals surface area contributed by atoms with E-state index in [2.05, 4.69) is 24.8 Å². The van der Waals surface area contributed by atoms with E-state index in [-0.39, 0.29) is 35.3 Å². The predicted molar refractivity (Wildman–Crippen MR) is 159 cm³/mol. The Morgan fingerprint density at radius 2 is 1.63 bits per heavy atom. The monoisotopic (exact) mass is 631 g/mol. The highest BCUT2D eigenvalue weighted by Gasteiger charge is 2.48. The molecule has 2 saturated heterocycles. The topological polar surface area (TPSA) is 117 Å². The molecule has 238 valence electrons. The fraction of sp³-hybridized carbons (Fsp3) is 0.394. The van der Waals surface area contributed by atoms with Gasteiger partial charge in [0.25, 0.3) is 11.8 Å². The van der Waals surface area contributed by atoms with Crippen molar-refractivity contribution in [3.63, 3.8) is 0 Å². The molecule has 1 N–H and O–H groups in total. The van der Waals surface area contributed by atoms with Crippen LogP contribution in [0, 0.1) is 0 Å². The molecule has 10 nitrogen and oxygen atoms in total. The Morgan fingerprint density at radius 1 is 0.870 bits per heavy atom. The molecule has 3 aromatic heterocycles. The van der Waals surface area contributed by atoms with Gasteiger partial charge in [-0.05, 0) is 74.9 Å². The minimum absolute atomic E-state index is 0.00652. The number of hydrogen-bond donors (Lipinski definition) is 1. The van der Waals surface area contributed by atoms with Crippen molar-refractivity contribution in [1.82, 2.24) is 34.3 Å². The molecule has 1 aliphatic carbocycles. The lowest BCUT2D eigenvalue weighted by atomic mass is 9.79. The number of benzene rings is 1. The molecule has 5 heterocycles. The van der Waals surface area contributed by atoms with E-state index in [1.165, 1.54) is 24.7 Å². The van der Waals surface area contributed by atoms with Gasteiger partial charge < -0.3 is 10.0 Å². The Labute approximate surface area is 262 Å². The van der Waals surface area contributed by atoms with E-state index >= 15 is 0 Å². The molecule has 0 bridgehead atoms. The molecule has 7 rings (SSSR count). The maximum atomic E-state index is 13.5. The minimum Gasteiger partial charge on any atom is -0.384 e. The van der Waals surface area contributed by atoms with Crippen LogP contribution < -0.4 is 0 Å². The van der Waals surface area contributed by atoms with E-state index in [1.807, 2.05) is 17.0 Å². The number of carbonyl (C=O) groups excluding carboxylic acids is 2. The Morgan fingerprint density at radius 3 is 2.35 bits per heavy atom. The number of halogens is 3. The molecule has 4 aromatic rings. The van der Waals surface area contributed by atoms with Gasteiger partial charge in [-0.2, -0.15) is 13.2 Å². The van der Waals surface area contributed by atoms with Gasteiger partial charge in [0, 0.05) is 67.1 Å². The summed E-state index contributed by atoms with van der Waals surface area (Å²) < 4.78 is 40.5. The van der Waals surface area contributed by atoms with Crippen LogP contribution in [0.4, 0.5) is 13.2 Å². The molecule has 13 heteroatoms. The predicted octanol–water partition coefficient (Wildman–Crippen LogP) is 4.56. The maximum Gasteiger partial charge on any atom is 0.416 e. The molecule has 46 heavy (non-hydrogen) atoms. The van der Waals surface area contributed by atoms with E-state index in [9.17, 15) is 27.9 Å². The third-order valence-electron chi connectivity index (χ3n) is 9.67. The number of likely N-dealkylation sites (tertiary alicyclic amines) is 2. The molecule has 1 amide bonds. The number of fused-ring (bicyclic) bond motifs is 1. The average molecular weight is 632 g/mol. The molecular weight excluding hydrogens is 599 g/mol. The number of carbonyl (C=O) groups is 2. The number of pyridine rings is 1. The highest BCUT2D eigenvalue weighted by Crippen LogP contribution is 2.42. The van der Waals surface area contributed by atoms with Gasteiger partial charge in [-0.3, -0.25) is 24.0 Å². The van der Waals surface area contributed by atoms with Gasteiger partial charge in [0.15, 0.2) is 5.82 Å². The first-order valence-corrected chi connectivity index (χ1v) is 15.4. The van der Waals surface area contributed by atoms with Crippen molar-refractivity contribution in [1.29, 1.82) is 0 Å². The third kappa shape index (κ3) is 5.58. The summed E-state index contributed by atoms with van der Waals surface area (Å²) in [5, 5.41) is 11.5. The number of nitrogens with zero attached hydrogens (tertiary/aromatic N) is 7. The molecule has 1 saturated carbocycles. The van der Waals surface area contributed by atoms with Gasteiger partial charge in [-0.1, -0.05) is 6.07 Å². The Balaban J connectivity index is 0.972. The largest absolute Gasteiger partial charge is 0.416 e. The number of amides is 1. The summed E-state index contributed by atoms with van der Waals surface area (Å²) in [6.45, 7) is 1.39. The average Bonchev–Trinajstić information content (AvgIpc) is 3.83. The second-order valence-electron chi connectivity index (χ2n) is 12.3. The zero-order valence-corrected chi connectivity index (χ0v) is 24.8. The first kappa shape index (κ1) is 30.2. The summed E-state index contributed by atoms with van der Waals surface area (Å²) in [6.07, 6.45) is 7.35. The van der Waals surface area contributed by atoms with Crippen LogP contribution in [0.1, 0.15) is 70.6 Å². The van der Waals surface area contributed by atoms with Gasteiger partial charge in [-0.15, -0.1) is 0 Å². The second-order valence-corrected chi connectivity index (χ2v) is 12.3. The zero-order valence-electron chi connectivity index (χ0n) is 24.8. The van der Waals surface area contributed by atoms with Crippen molar-refractivity contribution in [2.75, 3.05) is 13.1 Å². The van der Waals surface area contributed by atoms with Crippen molar-refractivity contribution in [3.05, 3.63) is 96.1 Å². The smallest absolute Gasteiger partial charge is 0.384 e. The van der Waals surface area contributed by atoms with E-state index < -0.39 is 23.2 Å². The van der Waals surface area contributed by atoms with Gasteiger partial charge in [0.05, 0.1) is 11.3 Å². The Bertz CT molecular complexity index is 1740. The lowest BCUT2D eigenvalue weighted by molar-refractivity contribution is -0.137. The minimum atomic E-state index is -4.57. The third-order valence-corrected chi connectivity index (χ3v) is 9.67. The van der Waals surface area contributed by atoms with Crippen molar-refractivity contribution in [2.24, 2.45) is 0 Å². The Hall–Kier alpha value is -4.49. The number of aromatic nitrogens is 5. The van der Waals surface area contributed by atoms with Crippen molar-refractivity contribution in [3.8, 4) is 11.4 Å². The number of aliphatic hydroxyl groups is 1. The van der Waals surface area contributed by atoms with Crippen LogP contribution in [-0.4, -0.2) is 82.4 Å². The van der Waals surface area contributed by atoms with Crippen LogP contribution in [-0.2, 0) is 11.8 Å². The Kier molecular flexibility index (Phi) is 7.68. The van der Waals surface area contributed by atoms with Crippen LogP contribution in [0.5, 0.6) is 0 Å². The fourth-order valence-electron chi connectivity index (χ4n) is 7.31. The normalized spacial score (nSPS) is 25.0. The summed E-state index contributed by atoms with van der Waals surface area (Å²) in [5.41, 5.74) is -0.552. The van der Waals surface area contributed by atoms with Gasteiger partial charge in [0.1, 0.15) is 17.6 Å². The second kappa shape index (κ2) is 11.7. The molecule has 0 radical (unpaired) electrons. The van der Waals surface area contributed by atoms with Gasteiger partial charge in [-0.25, -0.2) is 15.0 Å². The molecule has 0 spiro atoms. The maximum absolute atomic E-state index is 13.5. The molecule has 3 aliphatic rings. The van der Waals surface area contributed by atoms with Crippen molar-refractivity contribution < 1.29 is 27.9 Å². The molecule has 2 unspecified atom stereocenters. The fourth-order valence-corrected chi connectivity index (χ4v) is 7.31. The van der Waals surface area contributed by atoms with E-state index in [0.29, 0.717) is 30.9 Å². The van der Waals surface area contributed by atoms with Gasteiger partial charge in [0.2, 0.25) is 0 Å². The summed E-state index contributed by atoms with van der Waals surface area (Å²) in [7, 11) is 0. The zero-order chi connectivity index (χ0) is 32.1. The van der Waals surface area contributed by atoms with Crippen LogP contribution in [0.25, 0.3) is 11.4 Å².